The molecule has 4 aromatic heterocycles. The van der Waals surface area contributed by atoms with E-state index in [0.29, 0.717) is 6.54 Å². The second-order valence-corrected chi connectivity index (χ2v) is 8.44. The van der Waals surface area contributed by atoms with Crippen LogP contribution >= 0.6 is 0 Å². The lowest BCUT2D eigenvalue weighted by molar-refractivity contribution is -0.141. The van der Waals surface area contributed by atoms with Gasteiger partial charge in [0.05, 0.1) is 35.5 Å². The van der Waals surface area contributed by atoms with Crippen LogP contribution in [0, 0.1) is 0 Å². The van der Waals surface area contributed by atoms with Crippen molar-refractivity contribution in [3.8, 4) is 11.4 Å². The fourth-order valence-corrected chi connectivity index (χ4v) is 4.36. The molecule has 0 saturated heterocycles. The number of hydrogen-bond donors (Lipinski definition) is 2. The Hall–Kier alpha value is -4.24. The Morgan fingerprint density at radius 1 is 1.17 bits per heavy atom. The van der Waals surface area contributed by atoms with Gasteiger partial charge in [-0.2, -0.15) is 0 Å². The number of rotatable bonds is 7. The number of imidazole rings is 1. The van der Waals surface area contributed by atoms with Crippen molar-refractivity contribution >= 4 is 33.8 Å². The molecule has 0 saturated carbocycles. The van der Waals surface area contributed by atoms with Crippen molar-refractivity contribution < 1.29 is 9.53 Å². The average molecular weight is 470 g/mol. The zero-order valence-electron chi connectivity index (χ0n) is 20.1. The molecule has 35 heavy (non-hydrogen) atoms. The van der Waals surface area contributed by atoms with Crippen LogP contribution in [0.15, 0.2) is 60.9 Å². The third kappa shape index (κ3) is 4.10. The van der Waals surface area contributed by atoms with Gasteiger partial charge >= 0.3 is 0 Å². The van der Waals surface area contributed by atoms with E-state index < -0.39 is 6.10 Å². The second-order valence-electron chi connectivity index (χ2n) is 8.44. The first-order valence-electron chi connectivity index (χ1n) is 11.3. The predicted molar refractivity (Wildman–Crippen MR) is 136 cm³/mol. The van der Waals surface area contributed by atoms with E-state index in [1.54, 1.807) is 25.4 Å². The van der Waals surface area contributed by atoms with Gasteiger partial charge in [0, 0.05) is 33.6 Å². The maximum atomic E-state index is 13.1. The Balaban J connectivity index is 1.43. The van der Waals surface area contributed by atoms with Crippen molar-refractivity contribution in [3.63, 3.8) is 0 Å². The zero-order chi connectivity index (χ0) is 24.5. The van der Waals surface area contributed by atoms with Crippen LogP contribution < -0.4 is 5.32 Å². The summed E-state index contributed by atoms with van der Waals surface area (Å²) in [6, 6.07) is 17.3. The SMILES string of the molecule is CNc1nc2[nH]c(-c3cccc(CN(C)C(=O)[C@@H](OC)c4ccccc4)n3)cc2c2c1ncn2C. The van der Waals surface area contributed by atoms with Crippen molar-refractivity contribution in [3.05, 3.63) is 72.2 Å². The summed E-state index contributed by atoms with van der Waals surface area (Å²) in [4.78, 5) is 32.1. The summed E-state index contributed by atoms with van der Waals surface area (Å²) in [7, 11) is 7.11. The molecular formula is C26H27N7O2. The highest BCUT2D eigenvalue weighted by Crippen LogP contribution is 2.31. The van der Waals surface area contributed by atoms with Gasteiger partial charge in [-0.15, -0.1) is 0 Å². The second kappa shape index (κ2) is 9.19. The number of carbonyl (C=O) groups is 1. The Bertz CT molecular complexity index is 1510. The van der Waals surface area contributed by atoms with E-state index >= 15 is 0 Å². The number of hydrogen-bond acceptors (Lipinski definition) is 6. The van der Waals surface area contributed by atoms with Crippen molar-refractivity contribution in [1.82, 2.24) is 29.4 Å². The molecule has 2 N–H and O–H groups in total. The molecule has 0 fully saturated rings. The van der Waals surface area contributed by atoms with Crippen molar-refractivity contribution in [2.24, 2.45) is 7.05 Å². The van der Waals surface area contributed by atoms with Crippen LogP contribution in [-0.4, -0.2) is 56.5 Å². The molecular weight excluding hydrogens is 442 g/mol. The summed E-state index contributed by atoms with van der Waals surface area (Å²) >= 11 is 0. The summed E-state index contributed by atoms with van der Waals surface area (Å²) in [5.41, 5.74) is 5.78. The van der Waals surface area contributed by atoms with E-state index in [-0.39, 0.29) is 5.91 Å². The van der Waals surface area contributed by atoms with Crippen molar-refractivity contribution in [2.45, 2.75) is 12.6 Å². The highest BCUT2D eigenvalue weighted by molar-refractivity contribution is 6.07. The fraction of sp³-hybridized carbons (Fsp3) is 0.231. The highest BCUT2D eigenvalue weighted by atomic mass is 16.5. The minimum absolute atomic E-state index is 0.126. The van der Waals surface area contributed by atoms with Gasteiger partial charge in [0.1, 0.15) is 11.2 Å². The monoisotopic (exact) mass is 469 g/mol. The van der Waals surface area contributed by atoms with Gasteiger partial charge in [0.2, 0.25) is 0 Å². The van der Waals surface area contributed by atoms with Crippen molar-refractivity contribution in [2.75, 3.05) is 26.5 Å². The molecule has 9 heteroatoms. The number of aryl methyl sites for hydroxylation is 1. The highest BCUT2D eigenvalue weighted by Gasteiger charge is 2.24. The number of aromatic nitrogens is 5. The largest absolute Gasteiger partial charge is 0.371 e. The topological polar surface area (TPSA) is 101 Å². The number of pyridine rings is 2. The van der Waals surface area contributed by atoms with E-state index in [1.807, 2.05) is 73.3 Å². The van der Waals surface area contributed by atoms with Gasteiger partial charge in [-0.25, -0.2) is 15.0 Å². The number of carbonyl (C=O) groups excluding carboxylic acids is 1. The molecule has 1 atom stereocenters. The number of methoxy groups -OCH3 is 1. The van der Waals surface area contributed by atoms with E-state index in [1.165, 1.54) is 0 Å². The Morgan fingerprint density at radius 3 is 2.71 bits per heavy atom. The molecule has 9 nitrogen and oxygen atoms in total. The number of nitrogens with one attached hydrogen (secondary N) is 2. The maximum absolute atomic E-state index is 13.1. The van der Waals surface area contributed by atoms with Crippen LogP contribution in [0.2, 0.25) is 0 Å². The first kappa shape index (κ1) is 22.5. The molecule has 0 spiro atoms. The van der Waals surface area contributed by atoms with Crippen LogP contribution in [0.25, 0.3) is 33.5 Å². The number of nitrogens with zero attached hydrogens (tertiary/aromatic N) is 5. The smallest absolute Gasteiger partial charge is 0.256 e. The number of ether oxygens (including phenoxy) is 1. The number of likely N-dealkylation sites (N-methyl/N-ethyl adjacent to an activating group) is 1. The maximum Gasteiger partial charge on any atom is 0.256 e. The molecule has 4 heterocycles. The number of anilines is 1. The van der Waals surface area contributed by atoms with Gasteiger partial charge in [-0.3, -0.25) is 4.79 Å². The number of benzene rings is 1. The normalized spacial score (nSPS) is 12.2. The van der Waals surface area contributed by atoms with E-state index in [9.17, 15) is 4.79 Å². The Morgan fingerprint density at radius 2 is 1.97 bits per heavy atom. The number of H-pyrrole nitrogens is 1. The minimum Gasteiger partial charge on any atom is -0.371 e. The summed E-state index contributed by atoms with van der Waals surface area (Å²) in [6.07, 6.45) is 1.13. The van der Waals surface area contributed by atoms with Crippen LogP contribution in [0.5, 0.6) is 0 Å². The number of fused-ring (bicyclic) bond motifs is 3. The first-order chi connectivity index (χ1) is 17.0. The lowest BCUT2D eigenvalue weighted by Gasteiger charge is -2.23. The molecule has 0 aliphatic carbocycles. The fourth-order valence-electron chi connectivity index (χ4n) is 4.36. The third-order valence-corrected chi connectivity index (χ3v) is 6.09. The molecule has 0 aliphatic heterocycles. The molecule has 1 amide bonds. The third-order valence-electron chi connectivity index (χ3n) is 6.09. The molecule has 5 rings (SSSR count). The van der Waals surface area contributed by atoms with Gasteiger partial charge < -0.3 is 24.5 Å². The van der Waals surface area contributed by atoms with E-state index in [4.69, 9.17) is 14.7 Å². The molecule has 1 aromatic carbocycles. The molecule has 0 radical (unpaired) electrons. The standard InChI is InChI=1S/C26H27N7O2/c1-27-25-21-22(33(3)15-28-21)18-13-20(30-24(18)31-25)19-12-8-11-17(29-19)14-32(2)26(34)23(35-4)16-9-6-5-7-10-16/h5-13,15,23H,14H2,1-4H3,(H2,27,30,31)/t23-/m0/s1. The predicted octanol–water partition coefficient (Wildman–Crippen LogP) is 3.90. The van der Waals surface area contributed by atoms with Gasteiger partial charge in [-0.05, 0) is 23.8 Å². The molecule has 178 valence electrons. The lowest BCUT2D eigenvalue weighted by atomic mass is 10.1. The number of aromatic amines is 1. The van der Waals surface area contributed by atoms with Gasteiger partial charge in [0.15, 0.2) is 11.9 Å². The van der Waals surface area contributed by atoms with Crippen molar-refractivity contribution in [1.29, 1.82) is 0 Å². The number of amides is 1. The van der Waals surface area contributed by atoms with Gasteiger partial charge in [-0.1, -0.05) is 36.4 Å². The molecule has 0 unspecified atom stereocenters. The zero-order valence-corrected chi connectivity index (χ0v) is 20.1. The summed E-state index contributed by atoms with van der Waals surface area (Å²) in [6.45, 7) is 0.355. The molecule has 0 aliphatic rings. The van der Waals surface area contributed by atoms with E-state index in [2.05, 4.69) is 15.3 Å². The van der Waals surface area contributed by atoms with Crippen LogP contribution in [0.4, 0.5) is 5.82 Å². The summed E-state index contributed by atoms with van der Waals surface area (Å²) in [5, 5.41) is 4.09. The molecule has 0 bridgehead atoms. The summed E-state index contributed by atoms with van der Waals surface area (Å²) < 4.78 is 7.49. The van der Waals surface area contributed by atoms with Crippen LogP contribution in [0.1, 0.15) is 17.4 Å². The first-order valence-corrected chi connectivity index (χ1v) is 11.3. The lowest BCUT2D eigenvalue weighted by Crippen LogP contribution is -2.32. The average Bonchev–Trinajstić information content (AvgIpc) is 3.48. The van der Waals surface area contributed by atoms with Gasteiger partial charge in [0.25, 0.3) is 5.91 Å². The minimum atomic E-state index is -0.660. The molecule has 5 aromatic rings. The van der Waals surface area contributed by atoms with Crippen LogP contribution in [-0.2, 0) is 23.1 Å². The Kier molecular flexibility index (Phi) is 5.92. The Labute approximate surface area is 202 Å². The summed E-state index contributed by atoms with van der Waals surface area (Å²) in [5.74, 6) is 0.591. The van der Waals surface area contributed by atoms with E-state index in [0.717, 1.165) is 50.5 Å². The van der Waals surface area contributed by atoms with Crippen LogP contribution in [0.3, 0.4) is 0 Å². The quantitative estimate of drug-likeness (QED) is 0.375.